The van der Waals surface area contributed by atoms with E-state index < -0.39 is 0 Å². The van der Waals surface area contributed by atoms with E-state index in [4.69, 9.17) is 4.74 Å². The van der Waals surface area contributed by atoms with Gasteiger partial charge in [-0.2, -0.15) is 10.2 Å². The molecule has 2 aromatic rings. The van der Waals surface area contributed by atoms with E-state index in [0.717, 1.165) is 11.1 Å². The zero-order valence-corrected chi connectivity index (χ0v) is 9.33. The highest BCUT2D eigenvalue weighted by Gasteiger charge is 2.08. The van der Waals surface area contributed by atoms with Gasteiger partial charge in [-0.15, -0.1) is 0 Å². The highest BCUT2D eigenvalue weighted by Crippen LogP contribution is 2.17. The molecule has 86 valence electrons. The van der Waals surface area contributed by atoms with Crippen LogP contribution in [0.1, 0.15) is 17.3 Å². The summed E-state index contributed by atoms with van der Waals surface area (Å²) in [4.78, 5) is 15.6. The largest absolute Gasteiger partial charge is 0.462 e. The lowest BCUT2D eigenvalue weighted by Crippen LogP contribution is -2.05. The Morgan fingerprint density at radius 1 is 1.24 bits per heavy atom. The van der Waals surface area contributed by atoms with Gasteiger partial charge in [0.1, 0.15) is 0 Å². The minimum absolute atomic E-state index is 0.347. The van der Waals surface area contributed by atoms with Crippen molar-refractivity contribution in [1.82, 2.24) is 15.2 Å². The van der Waals surface area contributed by atoms with Gasteiger partial charge < -0.3 is 4.74 Å². The van der Waals surface area contributed by atoms with Crippen molar-refractivity contribution in [3.05, 3.63) is 42.5 Å². The average molecular weight is 229 g/mol. The molecule has 2 aromatic heterocycles. The smallest absolute Gasteiger partial charge is 0.339 e. The Morgan fingerprint density at radius 3 is 2.82 bits per heavy atom. The first kappa shape index (κ1) is 11.2. The van der Waals surface area contributed by atoms with Crippen LogP contribution in [0.5, 0.6) is 0 Å². The standard InChI is InChI=1S/C12H11N3O2/c1-2-17-12(16)11-5-10(6-13-7-11)9-3-4-14-15-8-9/h3-8H,2H2,1H3. The van der Waals surface area contributed by atoms with Crippen molar-refractivity contribution in [2.75, 3.05) is 6.61 Å². The molecule has 0 aliphatic heterocycles. The maximum atomic E-state index is 11.5. The summed E-state index contributed by atoms with van der Waals surface area (Å²) < 4.78 is 4.91. The van der Waals surface area contributed by atoms with Gasteiger partial charge in [0, 0.05) is 23.5 Å². The Kier molecular flexibility index (Phi) is 3.40. The number of nitrogens with zero attached hydrogens (tertiary/aromatic N) is 3. The number of carbonyl (C=O) groups excluding carboxylic acids is 1. The third kappa shape index (κ3) is 2.63. The molecule has 17 heavy (non-hydrogen) atoms. The minimum atomic E-state index is -0.371. The van der Waals surface area contributed by atoms with Gasteiger partial charge in [-0.05, 0) is 19.1 Å². The second kappa shape index (κ2) is 5.16. The molecule has 0 aromatic carbocycles. The van der Waals surface area contributed by atoms with Gasteiger partial charge in [0.05, 0.1) is 24.6 Å². The molecule has 0 spiro atoms. The Balaban J connectivity index is 2.32. The fraction of sp³-hybridized carbons (Fsp3) is 0.167. The third-order valence-electron chi connectivity index (χ3n) is 2.17. The Hall–Kier alpha value is -2.30. The third-order valence-corrected chi connectivity index (χ3v) is 2.17. The van der Waals surface area contributed by atoms with Crippen LogP contribution in [-0.4, -0.2) is 27.8 Å². The molecule has 0 unspecified atom stereocenters. The summed E-state index contributed by atoms with van der Waals surface area (Å²) in [5.74, 6) is -0.371. The van der Waals surface area contributed by atoms with Crippen LogP contribution in [0.15, 0.2) is 36.9 Å². The number of rotatable bonds is 3. The molecule has 0 amide bonds. The van der Waals surface area contributed by atoms with E-state index in [9.17, 15) is 4.79 Å². The first-order valence-electron chi connectivity index (χ1n) is 5.20. The quantitative estimate of drug-likeness (QED) is 0.750. The number of ether oxygens (including phenoxy) is 1. The fourth-order valence-electron chi connectivity index (χ4n) is 1.39. The van der Waals surface area contributed by atoms with Gasteiger partial charge in [0.2, 0.25) is 0 Å². The summed E-state index contributed by atoms with van der Waals surface area (Å²) in [5.41, 5.74) is 2.10. The van der Waals surface area contributed by atoms with Crippen LogP contribution in [0, 0.1) is 0 Å². The van der Waals surface area contributed by atoms with Gasteiger partial charge in [-0.1, -0.05) is 0 Å². The first-order valence-corrected chi connectivity index (χ1v) is 5.20. The number of hydrogen-bond donors (Lipinski definition) is 0. The summed E-state index contributed by atoms with van der Waals surface area (Å²) in [5, 5.41) is 7.47. The molecule has 0 atom stereocenters. The fourth-order valence-corrected chi connectivity index (χ4v) is 1.39. The highest BCUT2D eigenvalue weighted by molar-refractivity contribution is 5.90. The van der Waals surface area contributed by atoms with Crippen LogP contribution >= 0.6 is 0 Å². The van der Waals surface area contributed by atoms with Crippen molar-refractivity contribution in [3.8, 4) is 11.1 Å². The molecule has 0 N–H and O–H groups in total. The Morgan fingerprint density at radius 2 is 2.12 bits per heavy atom. The molecule has 2 heterocycles. The summed E-state index contributed by atoms with van der Waals surface area (Å²) in [7, 11) is 0. The zero-order valence-electron chi connectivity index (χ0n) is 9.33. The Bertz CT molecular complexity index is 514. The lowest BCUT2D eigenvalue weighted by molar-refractivity contribution is 0.0526. The maximum Gasteiger partial charge on any atom is 0.339 e. The number of aromatic nitrogens is 3. The second-order valence-corrected chi connectivity index (χ2v) is 3.31. The van der Waals surface area contributed by atoms with Gasteiger partial charge in [0.25, 0.3) is 0 Å². The number of hydrogen-bond acceptors (Lipinski definition) is 5. The molecular formula is C12H11N3O2. The van der Waals surface area contributed by atoms with E-state index in [0.29, 0.717) is 12.2 Å². The predicted octanol–water partition coefficient (Wildman–Crippen LogP) is 1.72. The van der Waals surface area contributed by atoms with E-state index in [1.807, 2.05) is 0 Å². The van der Waals surface area contributed by atoms with E-state index >= 15 is 0 Å². The molecule has 5 nitrogen and oxygen atoms in total. The first-order chi connectivity index (χ1) is 8.31. The summed E-state index contributed by atoms with van der Waals surface area (Å²) in [6, 6.07) is 3.53. The van der Waals surface area contributed by atoms with Gasteiger partial charge in [-0.25, -0.2) is 4.79 Å². The number of carbonyl (C=O) groups is 1. The van der Waals surface area contributed by atoms with Crippen molar-refractivity contribution < 1.29 is 9.53 Å². The van der Waals surface area contributed by atoms with Crippen molar-refractivity contribution in [2.24, 2.45) is 0 Å². The highest BCUT2D eigenvalue weighted by atomic mass is 16.5. The zero-order chi connectivity index (χ0) is 12.1. The van der Waals surface area contributed by atoms with Gasteiger partial charge >= 0.3 is 5.97 Å². The summed E-state index contributed by atoms with van der Waals surface area (Å²) in [6.07, 6.45) is 6.36. The molecule has 0 saturated heterocycles. The van der Waals surface area contributed by atoms with Crippen molar-refractivity contribution in [2.45, 2.75) is 6.92 Å². The Labute approximate surface area is 98.5 Å². The van der Waals surface area contributed by atoms with E-state index in [-0.39, 0.29) is 5.97 Å². The van der Waals surface area contributed by atoms with Crippen LogP contribution in [0.2, 0.25) is 0 Å². The molecule has 5 heteroatoms. The number of pyridine rings is 1. The van der Waals surface area contributed by atoms with Crippen LogP contribution < -0.4 is 0 Å². The predicted molar refractivity (Wildman–Crippen MR) is 61.2 cm³/mol. The van der Waals surface area contributed by atoms with Crippen LogP contribution in [0.3, 0.4) is 0 Å². The van der Waals surface area contributed by atoms with E-state index in [1.54, 1.807) is 37.6 Å². The summed E-state index contributed by atoms with van der Waals surface area (Å²) >= 11 is 0. The van der Waals surface area contributed by atoms with Crippen LogP contribution in [-0.2, 0) is 4.74 Å². The molecule has 0 bridgehead atoms. The monoisotopic (exact) mass is 229 g/mol. The molecule has 2 rings (SSSR count). The van der Waals surface area contributed by atoms with E-state index in [2.05, 4.69) is 15.2 Å². The van der Waals surface area contributed by atoms with Crippen molar-refractivity contribution in [3.63, 3.8) is 0 Å². The van der Waals surface area contributed by atoms with Crippen LogP contribution in [0.25, 0.3) is 11.1 Å². The van der Waals surface area contributed by atoms with Crippen molar-refractivity contribution in [1.29, 1.82) is 0 Å². The van der Waals surface area contributed by atoms with Gasteiger partial charge in [-0.3, -0.25) is 4.98 Å². The topological polar surface area (TPSA) is 65.0 Å². The second-order valence-electron chi connectivity index (χ2n) is 3.31. The molecule has 0 fully saturated rings. The summed E-state index contributed by atoms with van der Waals surface area (Å²) in [6.45, 7) is 2.11. The number of esters is 1. The van der Waals surface area contributed by atoms with Crippen molar-refractivity contribution >= 4 is 5.97 Å². The average Bonchev–Trinajstić information content (AvgIpc) is 2.40. The minimum Gasteiger partial charge on any atom is -0.462 e. The lowest BCUT2D eigenvalue weighted by atomic mass is 10.1. The molecular weight excluding hydrogens is 218 g/mol. The van der Waals surface area contributed by atoms with E-state index in [1.165, 1.54) is 6.20 Å². The molecule has 0 radical (unpaired) electrons. The maximum absolute atomic E-state index is 11.5. The molecule has 0 aliphatic rings. The van der Waals surface area contributed by atoms with Gasteiger partial charge in [0.15, 0.2) is 0 Å². The normalized spacial score (nSPS) is 9.94. The SMILES string of the molecule is CCOC(=O)c1cncc(-c2ccnnc2)c1. The lowest BCUT2D eigenvalue weighted by Gasteiger charge is -2.03. The van der Waals surface area contributed by atoms with Crippen LogP contribution in [0.4, 0.5) is 0 Å². The molecule has 0 aliphatic carbocycles. The molecule has 0 saturated carbocycles.